The Labute approximate surface area is 220 Å². The molecule has 4 heterocycles. The van der Waals surface area contributed by atoms with E-state index in [-0.39, 0.29) is 11.8 Å². The van der Waals surface area contributed by atoms with Crippen LogP contribution in [0.4, 0.5) is 14.9 Å². The van der Waals surface area contributed by atoms with Crippen LogP contribution in [-0.2, 0) is 0 Å². The number of anilines is 1. The third-order valence-corrected chi connectivity index (χ3v) is 7.01. The number of benzene rings is 1. The molecule has 5 aromatic rings. The first kappa shape index (κ1) is 25.2. The molecule has 10 nitrogen and oxygen atoms in total. The molecule has 0 aliphatic carbocycles. The number of thiazole rings is 1. The predicted octanol–water partition coefficient (Wildman–Crippen LogP) is 5.81. The molecule has 2 N–H and O–H groups in total. The van der Waals surface area contributed by atoms with Crippen LogP contribution in [0.3, 0.4) is 0 Å². The number of amides is 1. The summed E-state index contributed by atoms with van der Waals surface area (Å²) in [5.41, 5.74) is 4.44. The van der Waals surface area contributed by atoms with E-state index < -0.39 is 18.0 Å². The highest BCUT2D eigenvalue weighted by Gasteiger charge is 2.22. The first-order valence-electron chi connectivity index (χ1n) is 11.6. The number of aryl methyl sites for hydroxylation is 1. The summed E-state index contributed by atoms with van der Waals surface area (Å²) in [6.45, 7) is 5.59. The number of carbonyl (C=O) groups is 1. The molecule has 0 radical (unpaired) electrons. The first-order chi connectivity index (χ1) is 18.2. The number of nitrogens with zero attached hydrogens (tertiary/aromatic N) is 5. The quantitative estimate of drug-likeness (QED) is 0.265. The molecule has 0 saturated heterocycles. The molecule has 0 fully saturated rings. The molecule has 12 heteroatoms. The number of rotatable bonds is 7. The predicted molar refractivity (Wildman–Crippen MR) is 142 cm³/mol. The van der Waals surface area contributed by atoms with E-state index in [1.165, 1.54) is 30.7 Å². The van der Waals surface area contributed by atoms with Crippen LogP contribution < -0.4 is 14.8 Å². The highest BCUT2D eigenvalue weighted by molar-refractivity contribution is 7.21. The first-order valence-corrected chi connectivity index (χ1v) is 12.4. The SMILES string of the molecule is COc1cnc2c(-c3nc4cc(F)c(OC(C)C(C)c5cc(NC(=O)O)ccn5)nc4s3)cc(C)cc2n1. The Balaban J connectivity index is 1.44. The van der Waals surface area contributed by atoms with Gasteiger partial charge in [-0.1, -0.05) is 18.3 Å². The number of ether oxygens (including phenoxy) is 2. The zero-order chi connectivity index (χ0) is 27.0. The fourth-order valence-electron chi connectivity index (χ4n) is 3.95. The number of fused-ring (bicyclic) bond motifs is 2. The second-order valence-corrected chi connectivity index (χ2v) is 9.70. The van der Waals surface area contributed by atoms with Crippen LogP contribution in [0.15, 0.2) is 42.7 Å². The summed E-state index contributed by atoms with van der Waals surface area (Å²) in [6, 6.07) is 8.34. The Morgan fingerprint density at radius 3 is 2.68 bits per heavy atom. The summed E-state index contributed by atoms with van der Waals surface area (Å²) in [5.74, 6) is -0.659. The number of nitrogens with one attached hydrogen (secondary N) is 1. The van der Waals surface area contributed by atoms with Gasteiger partial charge in [0.25, 0.3) is 5.88 Å². The van der Waals surface area contributed by atoms with Crippen molar-refractivity contribution in [2.45, 2.75) is 32.8 Å². The Kier molecular flexibility index (Phi) is 6.72. The van der Waals surface area contributed by atoms with Crippen LogP contribution in [0.5, 0.6) is 11.8 Å². The van der Waals surface area contributed by atoms with Crippen LogP contribution in [0.25, 0.3) is 32.0 Å². The van der Waals surface area contributed by atoms with Crippen molar-refractivity contribution in [1.82, 2.24) is 24.9 Å². The number of hydrogen-bond acceptors (Lipinski definition) is 9. The van der Waals surface area contributed by atoms with Gasteiger partial charge in [-0.15, -0.1) is 0 Å². The lowest BCUT2D eigenvalue weighted by atomic mass is 10.0. The van der Waals surface area contributed by atoms with Crippen molar-refractivity contribution in [3.05, 3.63) is 59.8 Å². The van der Waals surface area contributed by atoms with E-state index in [0.717, 1.165) is 11.1 Å². The van der Waals surface area contributed by atoms with Gasteiger partial charge in [0.15, 0.2) is 5.82 Å². The normalized spacial score (nSPS) is 12.9. The van der Waals surface area contributed by atoms with Gasteiger partial charge in [-0.25, -0.2) is 24.1 Å². The highest BCUT2D eigenvalue weighted by atomic mass is 32.1. The molecule has 0 aliphatic heterocycles. The molecule has 5 rings (SSSR count). The van der Waals surface area contributed by atoms with Crippen molar-refractivity contribution in [3.8, 4) is 22.3 Å². The Bertz CT molecular complexity index is 1680. The van der Waals surface area contributed by atoms with Crippen LogP contribution in [0, 0.1) is 12.7 Å². The van der Waals surface area contributed by atoms with E-state index in [1.54, 1.807) is 25.3 Å². The highest BCUT2D eigenvalue weighted by Crippen LogP contribution is 2.36. The second kappa shape index (κ2) is 10.1. The summed E-state index contributed by atoms with van der Waals surface area (Å²) < 4.78 is 26.1. The fourth-order valence-corrected chi connectivity index (χ4v) is 4.88. The van der Waals surface area contributed by atoms with Crippen LogP contribution in [0.2, 0.25) is 0 Å². The molecule has 0 bridgehead atoms. The van der Waals surface area contributed by atoms with E-state index in [9.17, 15) is 4.79 Å². The average molecular weight is 535 g/mol. The maximum absolute atomic E-state index is 15.0. The largest absolute Gasteiger partial charge is 0.480 e. The molecular weight excluding hydrogens is 511 g/mol. The van der Waals surface area contributed by atoms with E-state index in [1.807, 2.05) is 26.0 Å². The Hall–Kier alpha value is -4.45. The molecular formula is C26H23FN6O4S. The summed E-state index contributed by atoms with van der Waals surface area (Å²) in [7, 11) is 1.53. The van der Waals surface area contributed by atoms with E-state index >= 15 is 4.39 Å². The van der Waals surface area contributed by atoms with Gasteiger partial charge in [-0.05, 0) is 43.7 Å². The molecule has 2 atom stereocenters. The minimum atomic E-state index is -1.17. The number of methoxy groups -OCH3 is 1. The van der Waals surface area contributed by atoms with Gasteiger partial charge < -0.3 is 14.6 Å². The lowest BCUT2D eigenvalue weighted by molar-refractivity contribution is 0.178. The van der Waals surface area contributed by atoms with Crippen molar-refractivity contribution in [2.75, 3.05) is 12.4 Å². The summed E-state index contributed by atoms with van der Waals surface area (Å²) in [6.07, 6.45) is 1.36. The summed E-state index contributed by atoms with van der Waals surface area (Å²) in [4.78, 5) is 33.8. The van der Waals surface area contributed by atoms with Crippen molar-refractivity contribution >= 4 is 44.5 Å². The number of hydrogen-bond donors (Lipinski definition) is 2. The average Bonchev–Trinajstić information content (AvgIpc) is 3.29. The fraction of sp³-hybridized carbons (Fsp3) is 0.231. The molecule has 38 heavy (non-hydrogen) atoms. The lowest BCUT2D eigenvalue weighted by Crippen LogP contribution is -2.22. The van der Waals surface area contributed by atoms with Gasteiger partial charge in [-0.3, -0.25) is 10.3 Å². The number of aromatic nitrogens is 5. The standard InChI is InChI=1S/C26H23FN6O4S/c1-12-7-16(22-19(8-12)31-21(36-4)11-29-22)24-32-20-10-17(27)23(33-25(20)38-24)37-14(3)13(2)18-9-15(5-6-28-18)30-26(34)35/h5-11,13-14H,1-4H3,(H,28,30)(H,34,35). The van der Waals surface area contributed by atoms with Crippen molar-refractivity contribution in [3.63, 3.8) is 0 Å². The molecule has 2 unspecified atom stereocenters. The van der Waals surface area contributed by atoms with Crippen molar-refractivity contribution in [2.24, 2.45) is 0 Å². The van der Waals surface area contributed by atoms with Gasteiger partial charge in [-0.2, -0.15) is 4.98 Å². The van der Waals surface area contributed by atoms with Gasteiger partial charge in [0, 0.05) is 35.1 Å². The maximum atomic E-state index is 15.0. The van der Waals surface area contributed by atoms with Crippen LogP contribution >= 0.6 is 11.3 Å². The van der Waals surface area contributed by atoms with Crippen molar-refractivity contribution in [1.29, 1.82) is 0 Å². The number of pyridine rings is 2. The smallest absolute Gasteiger partial charge is 0.409 e. The van der Waals surface area contributed by atoms with E-state index in [4.69, 9.17) is 14.6 Å². The summed E-state index contributed by atoms with van der Waals surface area (Å²) >= 11 is 1.30. The molecule has 0 aliphatic rings. The summed E-state index contributed by atoms with van der Waals surface area (Å²) in [5, 5.41) is 11.9. The van der Waals surface area contributed by atoms with Gasteiger partial charge >= 0.3 is 6.09 Å². The number of carboxylic acid groups (broad SMARTS) is 1. The topological polar surface area (TPSA) is 132 Å². The monoisotopic (exact) mass is 534 g/mol. The molecule has 1 amide bonds. The number of halogens is 1. The van der Waals surface area contributed by atoms with Gasteiger partial charge in [0.05, 0.1) is 24.3 Å². The third-order valence-electron chi connectivity index (χ3n) is 6.01. The van der Waals surface area contributed by atoms with Gasteiger partial charge in [0.1, 0.15) is 21.5 Å². The Morgan fingerprint density at radius 2 is 1.92 bits per heavy atom. The minimum Gasteiger partial charge on any atom is -0.480 e. The van der Waals surface area contributed by atoms with Crippen LogP contribution in [-0.4, -0.2) is 49.3 Å². The minimum absolute atomic E-state index is 0.148. The van der Waals surface area contributed by atoms with Crippen molar-refractivity contribution < 1.29 is 23.8 Å². The Morgan fingerprint density at radius 1 is 1.11 bits per heavy atom. The maximum Gasteiger partial charge on any atom is 0.409 e. The van der Waals surface area contributed by atoms with Crippen LogP contribution in [0.1, 0.15) is 31.0 Å². The van der Waals surface area contributed by atoms with Gasteiger partial charge in [0.2, 0.25) is 5.88 Å². The molecule has 4 aromatic heterocycles. The molecule has 0 spiro atoms. The van der Waals surface area contributed by atoms with E-state index in [0.29, 0.717) is 43.6 Å². The molecule has 0 saturated carbocycles. The van der Waals surface area contributed by atoms with E-state index in [2.05, 4.69) is 30.2 Å². The molecule has 194 valence electrons. The second-order valence-electron chi connectivity index (χ2n) is 8.72. The molecule has 1 aromatic carbocycles. The third kappa shape index (κ3) is 5.02. The zero-order valence-electron chi connectivity index (χ0n) is 20.9. The zero-order valence-corrected chi connectivity index (χ0v) is 21.7. The lowest BCUT2D eigenvalue weighted by Gasteiger charge is -2.21.